The van der Waals surface area contributed by atoms with E-state index in [2.05, 4.69) is 116 Å². The van der Waals surface area contributed by atoms with Crippen LogP contribution in [0.5, 0.6) is 0 Å². The van der Waals surface area contributed by atoms with Gasteiger partial charge < -0.3 is 21.3 Å². The molecule has 0 amide bonds. The molecule has 0 radical (unpaired) electrons. The second kappa shape index (κ2) is 42.1. The molecule has 0 unspecified atom stereocenters. The zero-order valence-electron chi connectivity index (χ0n) is 81.2. The van der Waals surface area contributed by atoms with Gasteiger partial charge in [-0.25, -0.2) is 53.0 Å². The summed E-state index contributed by atoms with van der Waals surface area (Å²) in [5.41, 5.74) is 21.9. The average molecular weight is 2030 g/mol. The van der Waals surface area contributed by atoms with E-state index >= 15 is 0 Å². The normalized spacial score (nSPS) is 12.3. The first-order valence-electron chi connectivity index (χ1n) is 48.0. The predicted octanol–water partition coefficient (Wildman–Crippen LogP) is 26.8. The molecule has 0 saturated carbocycles. The van der Waals surface area contributed by atoms with Gasteiger partial charge in [-0.1, -0.05) is 166 Å². The molecule has 32 heteroatoms. The van der Waals surface area contributed by atoms with Crippen LogP contribution in [0.1, 0.15) is 108 Å². The molecule has 732 valence electrons. The van der Waals surface area contributed by atoms with Gasteiger partial charge in [0.15, 0.2) is 34.9 Å². The number of rotatable bonds is 23. The first kappa shape index (κ1) is 96.7. The van der Waals surface area contributed by atoms with Gasteiger partial charge in [0.1, 0.15) is 27.9 Å². The van der Waals surface area contributed by atoms with E-state index in [0.717, 1.165) is 144 Å². The standard InChI is InChI=1S/C30H28N6OS.C29H20F2N4OS.C29H26N6OS.C28H20FN5OS/c1-19(2)16-35-17-22(15-33-35)24-11-7-8-21-14-25(36(30(37)27(21)24)23-9-5-4-6-10-23)20(3)34-29-28-26(12-13-31-29)38-18-32-28;1-17(34-28-27-25(12-13-32-28)37-16-33-27)24-15-19-6-5-9-21(18-10-11-22(30)23(31)14-18)26(19)29(36)35(24)20-7-3-2-4-8-20;1-18(2)34-16-21(15-32-34)23-11-7-8-20-14-24(35(29(36)26(20)23)22-9-5-4-6-10-22)19(3)33-28-27-25(12-13-30-28)37-17-31-27;1-17(33-27-26-24(10-11-31-27)36-16-32-26)23-13-18-6-5-9-22(19-12-20(29)15-30-14-19)25(18)28(35)34(23)21-7-3-2-4-8-21/h4-15,17-20H,16H2,1-3H3,(H,31,34);2-17H,1H3,(H,32,34);4-19H,1-3H3,(H,30,33);2-17H,1H3,(H,31,33)/t20-;17-;19-;17-/m0000/s1. The number of aromatic nitrogens is 17. The number of benzene rings is 9. The summed E-state index contributed by atoms with van der Waals surface area (Å²) in [6.45, 7) is 17.4. The van der Waals surface area contributed by atoms with Crippen molar-refractivity contribution in [3.63, 3.8) is 0 Å². The first-order chi connectivity index (χ1) is 72.1. The zero-order chi connectivity index (χ0) is 102. The number of anilines is 4. The van der Waals surface area contributed by atoms with Crippen molar-refractivity contribution >= 4 is 153 Å². The number of thiazole rings is 4. The fourth-order valence-electron chi connectivity index (χ4n) is 18.8. The lowest BCUT2D eigenvalue weighted by molar-refractivity contribution is 0.483. The van der Waals surface area contributed by atoms with Crippen molar-refractivity contribution in [2.75, 3.05) is 21.3 Å². The molecule has 9 aromatic carbocycles. The van der Waals surface area contributed by atoms with E-state index < -0.39 is 17.5 Å². The van der Waals surface area contributed by atoms with Gasteiger partial charge in [-0.05, 0) is 212 Å². The van der Waals surface area contributed by atoms with Crippen molar-refractivity contribution < 1.29 is 13.2 Å². The van der Waals surface area contributed by atoms with Crippen LogP contribution in [-0.2, 0) is 6.54 Å². The molecule has 25 nitrogen and oxygen atoms in total. The van der Waals surface area contributed by atoms with Gasteiger partial charge in [-0.3, -0.25) is 51.8 Å². The van der Waals surface area contributed by atoms with Crippen LogP contribution in [0.4, 0.5) is 36.4 Å². The average Bonchev–Trinajstić information content (AvgIpc) is 1.10. The lowest BCUT2D eigenvalue weighted by Gasteiger charge is -2.22. The van der Waals surface area contributed by atoms with E-state index in [4.69, 9.17) is 0 Å². The number of halogens is 3. The Morgan fingerprint density at radius 1 is 0.304 bits per heavy atom. The minimum absolute atomic E-state index is 0.0654. The molecule has 15 heterocycles. The van der Waals surface area contributed by atoms with Crippen LogP contribution in [-0.4, -0.2) is 82.7 Å². The highest BCUT2D eigenvalue weighted by Gasteiger charge is 2.28. The number of nitrogens with one attached hydrogen (secondary N) is 4. The van der Waals surface area contributed by atoms with E-state index in [1.54, 1.807) is 95.8 Å². The van der Waals surface area contributed by atoms with Crippen molar-refractivity contribution in [3.05, 3.63) is 433 Å². The Balaban J connectivity index is 0.000000116. The Morgan fingerprint density at radius 2 is 0.628 bits per heavy atom. The molecule has 0 aliphatic heterocycles. The smallest absolute Gasteiger partial charge is 0.263 e. The van der Waals surface area contributed by atoms with Crippen molar-refractivity contribution in [1.82, 2.24) is 82.7 Å². The third-order valence-corrected chi connectivity index (χ3v) is 28.9. The Labute approximate surface area is 861 Å². The van der Waals surface area contributed by atoms with E-state index in [9.17, 15) is 32.3 Å². The maximum atomic E-state index is 14.3. The molecule has 0 aliphatic carbocycles. The van der Waals surface area contributed by atoms with Crippen molar-refractivity contribution in [3.8, 4) is 67.3 Å². The van der Waals surface area contributed by atoms with Gasteiger partial charge in [-0.15, -0.1) is 45.3 Å². The molecule has 0 saturated heterocycles. The minimum atomic E-state index is -0.962. The lowest BCUT2D eigenvalue weighted by atomic mass is 9.97. The number of pyridine rings is 9. The van der Waals surface area contributed by atoms with Gasteiger partial charge in [0.25, 0.3) is 22.2 Å². The van der Waals surface area contributed by atoms with Crippen LogP contribution in [0.2, 0.25) is 0 Å². The van der Waals surface area contributed by atoms with E-state index in [0.29, 0.717) is 84.1 Å². The summed E-state index contributed by atoms with van der Waals surface area (Å²) in [4.78, 5) is 96.9. The molecule has 15 aromatic heterocycles. The molecule has 0 spiro atoms. The highest BCUT2D eigenvalue weighted by Crippen LogP contribution is 2.40. The summed E-state index contributed by atoms with van der Waals surface area (Å²) in [5, 5.41) is 28.5. The fourth-order valence-corrected chi connectivity index (χ4v) is 21.5. The molecule has 4 N–H and O–H groups in total. The predicted molar refractivity (Wildman–Crippen MR) is 592 cm³/mol. The van der Waals surface area contributed by atoms with E-state index in [1.807, 2.05) is 302 Å². The zero-order valence-corrected chi connectivity index (χ0v) is 84.4. The molecule has 4 atom stereocenters. The molecular formula is C116H94F3N21O4S4. The monoisotopic (exact) mass is 2030 g/mol. The maximum Gasteiger partial charge on any atom is 0.263 e. The second-order valence-corrected chi connectivity index (χ2v) is 39.9. The SMILES string of the molecule is CC(C)Cn1cc(-c2cccc3cc([C@H](C)Nc4nccc5scnc45)n(-c4ccccc4)c(=O)c23)cn1.CC(C)n1cc(-c2cccc3cc([C@H](C)Nc4nccc5scnc45)n(-c4ccccc4)c(=O)c23)cn1.C[C@H](Nc1nccc2scnc12)c1cc2cccc(-c3ccc(F)c(F)c3)c2c(=O)n1-c1ccccc1.C[C@H](Nc1nccc2scnc12)c1cc2cccc(-c3cncc(F)c3)c2c(=O)n1-c1ccccc1. The summed E-state index contributed by atoms with van der Waals surface area (Å²) in [5.74, 6) is 0.829. The van der Waals surface area contributed by atoms with Gasteiger partial charge >= 0.3 is 0 Å². The Kier molecular flexibility index (Phi) is 27.5. The highest BCUT2D eigenvalue weighted by atomic mass is 32.1. The molecule has 148 heavy (non-hydrogen) atoms. The topological polar surface area (TPSA) is 288 Å². The van der Waals surface area contributed by atoms with Gasteiger partial charge in [0, 0.05) is 118 Å². The van der Waals surface area contributed by atoms with Crippen LogP contribution in [0, 0.1) is 23.4 Å². The molecule has 0 fully saturated rings. The van der Waals surface area contributed by atoms with Crippen molar-refractivity contribution in [2.45, 2.75) is 92.1 Å². The van der Waals surface area contributed by atoms with Gasteiger partial charge in [0.2, 0.25) is 0 Å². The van der Waals surface area contributed by atoms with Crippen LogP contribution >= 0.6 is 45.3 Å². The lowest BCUT2D eigenvalue weighted by Crippen LogP contribution is -2.26. The molecule has 24 rings (SSSR count). The Bertz CT molecular complexity index is 9330. The molecular weight excluding hydrogens is 1940 g/mol. The fraction of sp³-hybridized carbons (Fsp3) is 0.129. The van der Waals surface area contributed by atoms with Crippen LogP contribution in [0.3, 0.4) is 0 Å². The van der Waals surface area contributed by atoms with Crippen molar-refractivity contribution in [1.29, 1.82) is 0 Å². The molecule has 0 aliphatic rings. The van der Waals surface area contributed by atoms with E-state index in [-0.39, 0.29) is 52.4 Å². The van der Waals surface area contributed by atoms with Gasteiger partial charge in [-0.2, -0.15) is 10.2 Å². The third kappa shape index (κ3) is 19.5. The van der Waals surface area contributed by atoms with E-state index in [1.165, 1.54) is 23.5 Å². The van der Waals surface area contributed by atoms with Crippen LogP contribution in [0.15, 0.2) is 370 Å². The van der Waals surface area contributed by atoms with Gasteiger partial charge in [0.05, 0.1) is 105 Å². The largest absolute Gasteiger partial charge is 0.360 e. The Hall–Kier alpha value is -17.5. The molecule has 0 bridgehead atoms. The number of nitrogens with zero attached hydrogens (tertiary/aromatic N) is 17. The minimum Gasteiger partial charge on any atom is -0.360 e. The number of hydrogen-bond acceptors (Lipinski definition) is 23. The Morgan fingerprint density at radius 3 is 0.946 bits per heavy atom. The van der Waals surface area contributed by atoms with Crippen LogP contribution < -0.4 is 43.5 Å². The third-order valence-electron chi connectivity index (χ3n) is 25.7. The first-order valence-corrected chi connectivity index (χ1v) is 51.5. The summed E-state index contributed by atoms with van der Waals surface area (Å²) < 4.78 is 56.7. The number of para-hydroxylation sites is 4. The summed E-state index contributed by atoms with van der Waals surface area (Å²) in [7, 11) is 0. The van der Waals surface area contributed by atoms with Crippen LogP contribution in [0.25, 0.3) is 151 Å². The summed E-state index contributed by atoms with van der Waals surface area (Å²) in [6, 6.07) is 81.6. The quantitative estimate of drug-likeness (QED) is 0.0463. The second-order valence-electron chi connectivity index (χ2n) is 36.3. The molecule has 24 aromatic rings. The number of hydrogen-bond donors (Lipinski definition) is 4. The highest BCUT2D eigenvalue weighted by molar-refractivity contribution is 7.17. The maximum absolute atomic E-state index is 14.3. The summed E-state index contributed by atoms with van der Waals surface area (Å²) >= 11 is 6.24. The van der Waals surface area contributed by atoms with Crippen molar-refractivity contribution in [2.24, 2.45) is 5.92 Å². The number of fused-ring (bicyclic) bond motifs is 8. The summed E-state index contributed by atoms with van der Waals surface area (Å²) in [6.07, 6.45) is 17.5.